The maximum absolute atomic E-state index is 13.0. The normalized spacial score (nSPS) is 15.2. The van der Waals surface area contributed by atoms with Crippen molar-refractivity contribution in [1.29, 1.82) is 0 Å². The van der Waals surface area contributed by atoms with Crippen LogP contribution < -0.4 is 5.32 Å². The Hall–Kier alpha value is -4.50. The van der Waals surface area contributed by atoms with Gasteiger partial charge in [-0.05, 0) is 73.6 Å². The van der Waals surface area contributed by atoms with Gasteiger partial charge in [0, 0.05) is 42.7 Å². The van der Waals surface area contributed by atoms with Crippen LogP contribution in [0.25, 0.3) is 16.6 Å². The Morgan fingerprint density at radius 3 is 2.81 bits per heavy atom. The quantitative estimate of drug-likeness (QED) is 0.122. The Bertz CT molecular complexity index is 1810. The number of unbranched alkanes of at least 4 members (excludes halogenated alkanes) is 1. The van der Waals surface area contributed by atoms with Gasteiger partial charge in [-0.25, -0.2) is 14.3 Å². The van der Waals surface area contributed by atoms with E-state index in [1.54, 1.807) is 12.3 Å². The molecule has 9 nitrogen and oxygen atoms in total. The third kappa shape index (κ3) is 5.52. The monoisotopic (exact) mass is 582 g/mol. The summed E-state index contributed by atoms with van der Waals surface area (Å²) in [6.45, 7) is 2.33. The van der Waals surface area contributed by atoms with Gasteiger partial charge < -0.3 is 10.3 Å². The maximum atomic E-state index is 13.0. The molecule has 1 aliphatic rings. The predicted octanol–water partition coefficient (Wildman–Crippen LogP) is 5.47. The topological polar surface area (TPSA) is 112 Å². The minimum atomic E-state index is -0.626. The highest BCUT2D eigenvalue weighted by molar-refractivity contribution is 6.35. The molecule has 0 spiro atoms. The Balaban J connectivity index is 1.00. The minimum absolute atomic E-state index is 0.0563. The number of urea groups is 1. The molecule has 1 atom stereocenters. The number of ketones is 1. The van der Waals surface area contributed by atoms with Crippen LogP contribution in [0.3, 0.4) is 0 Å². The molecule has 42 heavy (non-hydrogen) atoms. The molecular formula is C32H31ClN6O3. The first kappa shape index (κ1) is 27.7. The number of H-pyrrole nitrogens is 1. The molecule has 1 fully saturated rings. The number of amides is 3. The highest BCUT2D eigenvalue weighted by Gasteiger charge is 2.37. The molecule has 4 heterocycles. The third-order valence-electron chi connectivity index (χ3n) is 7.99. The summed E-state index contributed by atoms with van der Waals surface area (Å²) in [5, 5.41) is 8.73. The number of Topliss-reactive ketones (excluding diaryl/α,β-unsaturated/α-hetero) is 1. The van der Waals surface area contributed by atoms with Crippen molar-refractivity contribution in [2.75, 3.05) is 6.54 Å². The zero-order valence-electron chi connectivity index (χ0n) is 23.3. The van der Waals surface area contributed by atoms with Crippen LogP contribution in [-0.2, 0) is 24.1 Å². The highest BCUT2D eigenvalue weighted by atomic mass is 35.5. The third-order valence-corrected chi connectivity index (χ3v) is 8.30. The number of fused-ring (bicyclic) bond motifs is 2. The van der Waals surface area contributed by atoms with E-state index < -0.39 is 12.1 Å². The molecule has 3 amide bonds. The summed E-state index contributed by atoms with van der Waals surface area (Å²) < 4.78 is 1.84. The molecule has 0 radical (unpaired) electrons. The number of aromatic nitrogens is 4. The molecule has 1 saturated heterocycles. The van der Waals surface area contributed by atoms with Crippen LogP contribution >= 0.6 is 11.6 Å². The van der Waals surface area contributed by atoms with E-state index in [9.17, 15) is 14.4 Å². The summed E-state index contributed by atoms with van der Waals surface area (Å²) in [6, 6.07) is 14.2. The van der Waals surface area contributed by atoms with Crippen LogP contribution in [-0.4, -0.2) is 54.8 Å². The second-order valence-corrected chi connectivity index (χ2v) is 11.1. The van der Waals surface area contributed by atoms with Crippen molar-refractivity contribution < 1.29 is 14.4 Å². The van der Waals surface area contributed by atoms with Gasteiger partial charge in [0.1, 0.15) is 6.04 Å². The van der Waals surface area contributed by atoms with Gasteiger partial charge in [-0.2, -0.15) is 5.10 Å². The minimum Gasteiger partial charge on any atom is -0.360 e. The van der Waals surface area contributed by atoms with Crippen molar-refractivity contribution in [2.45, 2.75) is 51.5 Å². The Labute approximate surface area is 247 Å². The number of carbonyl (C=O) groups is 3. The first-order chi connectivity index (χ1) is 20.4. The van der Waals surface area contributed by atoms with E-state index in [1.165, 1.54) is 4.90 Å². The van der Waals surface area contributed by atoms with Crippen molar-refractivity contribution in [3.63, 3.8) is 0 Å². The number of aromatic amines is 1. The molecule has 3 aromatic heterocycles. The van der Waals surface area contributed by atoms with Gasteiger partial charge in [-0.3, -0.25) is 14.5 Å². The van der Waals surface area contributed by atoms with Crippen molar-refractivity contribution in [1.82, 2.24) is 29.8 Å². The van der Waals surface area contributed by atoms with Crippen LogP contribution in [0.5, 0.6) is 0 Å². The van der Waals surface area contributed by atoms with Crippen LogP contribution in [0, 0.1) is 6.92 Å². The number of imide groups is 1. The summed E-state index contributed by atoms with van der Waals surface area (Å²) in [6.07, 6.45) is 8.82. The van der Waals surface area contributed by atoms with Gasteiger partial charge in [-0.1, -0.05) is 35.9 Å². The summed E-state index contributed by atoms with van der Waals surface area (Å²) in [7, 11) is 0. The fraction of sp³-hybridized carbons (Fsp3) is 0.281. The summed E-state index contributed by atoms with van der Waals surface area (Å²) in [5.74, 6) is -0.187. The molecule has 6 rings (SSSR count). The van der Waals surface area contributed by atoms with E-state index in [4.69, 9.17) is 11.6 Å². The number of nitrogens with zero attached hydrogens (tertiary/aromatic N) is 4. The van der Waals surface area contributed by atoms with Crippen molar-refractivity contribution in [3.8, 4) is 0 Å². The average molecular weight is 583 g/mol. The number of hydrogen-bond acceptors (Lipinski definition) is 5. The largest absolute Gasteiger partial charge is 0.360 e. The van der Waals surface area contributed by atoms with Crippen molar-refractivity contribution >= 4 is 45.9 Å². The zero-order valence-corrected chi connectivity index (χ0v) is 24.0. The van der Waals surface area contributed by atoms with Crippen molar-refractivity contribution in [3.05, 3.63) is 100 Å². The highest BCUT2D eigenvalue weighted by Crippen LogP contribution is 2.27. The maximum Gasteiger partial charge on any atom is 0.324 e. The van der Waals surface area contributed by atoms with E-state index >= 15 is 0 Å². The SMILES string of the molecule is Cc1ccc(C(=O)CCCCN2C(=O)NC(Cc3c[nH]c4c(Cl)cccc34)C2=O)cc1CCc1cnc2cccnn12. The number of hydrogen-bond donors (Lipinski definition) is 2. The van der Waals surface area contributed by atoms with Gasteiger partial charge in [0.05, 0.1) is 22.4 Å². The number of benzene rings is 2. The first-order valence-electron chi connectivity index (χ1n) is 14.2. The molecule has 1 unspecified atom stereocenters. The summed E-state index contributed by atoms with van der Waals surface area (Å²) in [4.78, 5) is 47.4. The Morgan fingerprint density at radius 1 is 1.05 bits per heavy atom. The van der Waals surface area contributed by atoms with Crippen LogP contribution in [0.4, 0.5) is 4.79 Å². The lowest BCUT2D eigenvalue weighted by molar-refractivity contribution is -0.127. The molecule has 10 heteroatoms. The fourth-order valence-corrected chi connectivity index (χ4v) is 5.85. The number of imidazole rings is 1. The number of carbonyl (C=O) groups excluding carboxylic acids is 3. The molecule has 1 aliphatic heterocycles. The number of aryl methyl sites for hydroxylation is 3. The molecule has 2 aromatic carbocycles. The van der Waals surface area contributed by atoms with E-state index in [0.717, 1.165) is 51.8 Å². The molecule has 5 aromatic rings. The fourth-order valence-electron chi connectivity index (χ4n) is 5.62. The number of para-hydroxylation sites is 1. The zero-order chi connectivity index (χ0) is 29.2. The molecule has 214 valence electrons. The molecular weight excluding hydrogens is 552 g/mol. The molecule has 0 aliphatic carbocycles. The number of halogens is 1. The first-order valence-corrected chi connectivity index (χ1v) is 14.5. The van der Waals surface area contributed by atoms with E-state index in [2.05, 4.69) is 27.3 Å². The van der Waals surface area contributed by atoms with Crippen molar-refractivity contribution in [2.24, 2.45) is 0 Å². The van der Waals surface area contributed by atoms with Gasteiger partial charge in [0.2, 0.25) is 0 Å². The summed E-state index contributed by atoms with van der Waals surface area (Å²) >= 11 is 6.25. The van der Waals surface area contributed by atoms with Gasteiger partial charge in [0.15, 0.2) is 11.4 Å². The molecule has 0 saturated carbocycles. The van der Waals surface area contributed by atoms with Crippen LogP contribution in [0.15, 0.2) is 67.1 Å². The second-order valence-electron chi connectivity index (χ2n) is 10.7. The second kappa shape index (κ2) is 11.8. The van der Waals surface area contributed by atoms with Crippen LogP contribution in [0.2, 0.25) is 5.02 Å². The number of nitrogens with one attached hydrogen (secondary N) is 2. The van der Waals surface area contributed by atoms with E-state index in [0.29, 0.717) is 36.3 Å². The summed E-state index contributed by atoms with van der Waals surface area (Å²) in [5.41, 5.74) is 6.52. The predicted molar refractivity (Wildman–Crippen MR) is 161 cm³/mol. The molecule has 0 bridgehead atoms. The van der Waals surface area contributed by atoms with Gasteiger partial charge in [0.25, 0.3) is 5.91 Å². The Kier molecular flexibility index (Phi) is 7.75. The Morgan fingerprint density at radius 2 is 1.93 bits per heavy atom. The lowest BCUT2D eigenvalue weighted by atomic mass is 9.97. The average Bonchev–Trinajstić information content (AvgIpc) is 3.67. The van der Waals surface area contributed by atoms with Gasteiger partial charge in [-0.15, -0.1) is 0 Å². The van der Waals surface area contributed by atoms with E-state index in [-0.39, 0.29) is 18.2 Å². The standard InChI is InChI=1S/C32H31ClN6O3/c1-20-10-11-22(16-21(20)12-13-24-19-34-29-9-5-14-36-39(24)29)28(40)8-2-3-15-38-31(41)27(37-32(38)42)17-23-18-35-30-25(23)6-4-7-26(30)33/h4-7,9-11,14,16,18-19,27,35H,2-3,8,12-13,15,17H2,1H3,(H,37,42). The number of rotatable bonds is 11. The lowest BCUT2D eigenvalue weighted by Gasteiger charge is -2.13. The molecule has 2 N–H and O–H groups in total. The van der Waals surface area contributed by atoms with Crippen LogP contribution in [0.1, 0.15) is 52.0 Å². The lowest BCUT2D eigenvalue weighted by Crippen LogP contribution is -2.33. The smallest absolute Gasteiger partial charge is 0.324 e. The van der Waals surface area contributed by atoms with E-state index in [1.807, 2.05) is 59.4 Å². The van der Waals surface area contributed by atoms with Gasteiger partial charge >= 0.3 is 6.03 Å².